The van der Waals surface area contributed by atoms with Crippen molar-refractivity contribution in [3.63, 3.8) is 0 Å². The second-order valence-corrected chi connectivity index (χ2v) is 8.52. The van der Waals surface area contributed by atoms with Crippen molar-refractivity contribution in [1.82, 2.24) is 9.80 Å². The first-order valence-corrected chi connectivity index (χ1v) is 10.4. The number of fused-ring (bicyclic) bond motifs is 3. The lowest BCUT2D eigenvalue weighted by atomic mass is 9.79. The highest BCUT2D eigenvalue weighted by Gasteiger charge is 2.48. The molecule has 0 radical (unpaired) electrons. The van der Waals surface area contributed by atoms with E-state index in [0.717, 1.165) is 32.5 Å². The lowest BCUT2D eigenvalue weighted by Crippen LogP contribution is -2.62. The van der Waals surface area contributed by atoms with Crippen molar-refractivity contribution >= 4 is 5.97 Å². The molecule has 2 aromatic carbocycles. The Hall–Kier alpha value is -2.21. The topological polar surface area (TPSA) is 53.0 Å². The summed E-state index contributed by atoms with van der Waals surface area (Å²) in [7, 11) is 4.10. The number of esters is 1. The maximum atomic E-state index is 13.5. The fourth-order valence-electron chi connectivity index (χ4n) is 4.84. The number of ether oxygens (including phenoxy) is 1. The van der Waals surface area contributed by atoms with Gasteiger partial charge in [0, 0.05) is 6.54 Å². The van der Waals surface area contributed by atoms with Gasteiger partial charge in [0.25, 0.3) is 0 Å². The Bertz CT molecular complexity index is 777. The van der Waals surface area contributed by atoms with Crippen LogP contribution < -0.4 is 0 Å². The number of benzene rings is 2. The number of carbonyl (C=O) groups excluding carboxylic acids is 1. The SMILES string of the molecule is CN(C)C[C@@H]1[C@H](OC(=O)C(O)(c2ccccc2)c2ccccc2)C2CCN1CC2. The molecule has 3 saturated heterocycles. The highest BCUT2D eigenvalue weighted by atomic mass is 16.6. The first-order valence-electron chi connectivity index (χ1n) is 10.4. The summed E-state index contributed by atoms with van der Waals surface area (Å²) in [6.07, 6.45) is 1.87. The molecule has 5 heteroatoms. The summed E-state index contributed by atoms with van der Waals surface area (Å²) in [6.45, 7) is 2.95. The van der Waals surface area contributed by atoms with Gasteiger partial charge in [0.05, 0.1) is 6.04 Å². The second-order valence-electron chi connectivity index (χ2n) is 8.52. The van der Waals surface area contributed by atoms with Crippen molar-refractivity contribution in [2.45, 2.75) is 30.6 Å². The van der Waals surface area contributed by atoms with Crippen molar-refractivity contribution in [3.8, 4) is 0 Å². The summed E-state index contributed by atoms with van der Waals surface area (Å²) in [6, 6.07) is 18.4. The summed E-state index contributed by atoms with van der Waals surface area (Å²) >= 11 is 0. The predicted molar refractivity (Wildman–Crippen MR) is 112 cm³/mol. The number of hydrogen-bond donors (Lipinski definition) is 1. The quantitative estimate of drug-likeness (QED) is 0.763. The molecule has 29 heavy (non-hydrogen) atoms. The van der Waals surface area contributed by atoms with Crippen molar-refractivity contribution in [1.29, 1.82) is 0 Å². The first kappa shape index (κ1) is 20.1. The maximum Gasteiger partial charge on any atom is 0.348 e. The Morgan fingerprint density at radius 1 is 1.03 bits per heavy atom. The minimum absolute atomic E-state index is 0.164. The number of piperidine rings is 3. The van der Waals surface area contributed by atoms with Gasteiger partial charge in [-0.1, -0.05) is 60.7 Å². The molecule has 5 nitrogen and oxygen atoms in total. The summed E-state index contributed by atoms with van der Waals surface area (Å²) in [5, 5.41) is 11.7. The second kappa shape index (κ2) is 8.27. The Kier molecular flexibility index (Phi) is 5.72. The van der Waals surface area contributed by atoms with Crippen LogP contribution >= 0.6 is 0 Å². The molecule has 1 N–H and O–H groups in total. The molecule has 0 saturated carbocycles. The van der Waals surface area contributed by atoms with E-state index in [9.17, 15) is 9.90 Å². The molecule has 0 spiro atoms. The van der Waals surface area contributed by atoms with Gasteiger partial charge in [0.2, 0.25) is 5.60 Å². The third kappa shape index (κ3) is 3.82. The molecule has 3 aliphatic heterocycles. The van der Waals surface area contributed by atoms with Gasteiger partial charge in [-0.2, -0.15) is 0 Å². The fourth-order valence-corrected chi connectivity index (χ4v) is 4.84. The fraction of sp³-hybridized carbons (Fsp3) is 0.458. The van der Waals surface area contributed by atoms with E-state index in [1.807, 2.05) is 50.5 Å². The van der Waals surface area contributed by atoms with Crippen LogP contribution in [0.1, 0.15) is 24.0 Å². The van der Waals surface area contributed by atoms with Gasteiger partial charge in [0.1, 0.15) is 6.10 Å². The van der Waals surface area contributed by atoms with Gasteiger partial charge in [0.15, 0.2) is 0 Å². The van der Waals surface area contributed by atoms with Crippen LogP contribution in [0.2, 0.25) is 0 Å². The van der Waals surface area contributed by atoms with Crippen molar-refractivity contribution in [2.75, 3.05) is 33.7 Å². The van der Waals surface area contributed by atoms with E-state index in [1.54, 1.807) is 24.3 Å². The van der Waals surface area contributed by atoms with Crippen LogP contribution in [0.4, 0.5) is 0 Å². The number of hydrogen-bond acceptors (Lipinski definition) is 5. The summed E-state index contributed by atoms with van der Waals surface area (Å²) in [5.74, 6) is -0.234. The van der Waals surface area contributed by atoms with Crippen LogP contribution in [-0.4, -0.2) is 66.8 Å². The highest BCUT2D eigenvalue weighted by molar-refractivity contribution is 5.85. The monoisotopic (exact) mass is 394 g/mol. The van der Waals surface area contributed by atoms with Crippen LogP contribution in [0, 0.1) is 5.92 Å². The molecule has 0 aromatic heterocycles. The molecule has 2 atom stereocenters. The lowest BCUT2D eigenvalue weighted by molar-refractivity contribution is -0.184. The maximum absolute atomic E-state index is 13.5. The number of rotatable bonds is 6. The van der Waals surface area contributed by atoms with E-state index in [-0.39, 0.29) is 12.1 Å². The zero-order valence-corrected chi connectivity index (χ0v) is 17.2. The van der Waals surface area contributed by atoms with Crippen LogP contribution in [0.15, 0.2) is 60.7 Å². The summed E-state index contributed by atoms with van der Waals surface area (Å²) in [4.78, 5) is 18.1. The number of likely N-dealkylation sites (N-methyl/N-ethyl adjacent to an activating group) is 1. The molecule has 154 valence electrons. The third-order valence-corrected chi connectivity index (χ3v) is 6.36. The minimum atomic E-state index is -1.82. The van der Waals surface area contributed by atoms with Crippen LogP contribution in [0.25, 0.3) is 0 Å². The predicted octanol–water partition coefficient (Wildman–Crippen LogP) is 2.49. The summed E-state index contributed by atoms with van der Waals surface area (Å²) < 4.78 is 6.16. The molecular formula is C24H30N2O3. The largest absolute Gasteiger partial charge is 0.458 e. The van der Waals surface area contributed by atoms with E-state index in [0.29, 0.717) is 17.0 Å². The van der Waals surface area contributed by atoms with Gasteiger partial charge >= 0.3 is 5.97 Å². The smallest absolute Gasteiger partial charge is 0.348 e. The van der Waals surface area contributed by atoms with Crippen molar-refractivity contribution < 1.29 is 14.6 Å². The summed E-state index contributed by atoms with van der Waals surface area (Å²) in [5.41, 5.74) is -0.764. The van der Waals surface area contributed by atoms with Gasteiger partial charge in [-0.25, -0.2) is 4.79 Å². The number of nitrogens with zero attached hydrogens (tertiary/aromatic N) is 2. The Morgan fingerprint density at radius 3 is 2.03 bits per heavy atom. The Labute approximate surface area is 172 Å². The molecule has 0 unspecified atom stereocenters. The lowest BCUT2D eigenvalue weighted by Gasteiger charge is -2.51. The van der Waals surface area contributed by atoms with Crippen LogP contribution in [0.5, 0.6) is 0 Å². The van der Waals surface area contributed by atoms with E-state index in [1.165, 1.54) is 0 Å². The van der Waals surface area contributed by atoms with Crippen LogP contribution in [0.3, 0.4) is 0 Å². The molecule has 0 aliphatic carbocycles. The van der Waals surface area contributed by atoms with Gasteiger partial charge in [-0.05, 0) is 57.1 Å². The van der Waals surface area contributed by atoms with Gasteiger partial charge in [-0.15, -0.1) is 0 Å². The van der Waals surface area contributed by atoms with E-state index < -0.39 is 11.6 Å². The first-order chi connectivity index (χ1) is 14.0. The normalized spacial score (nSPS) is 26.5. The average molecular weight is 395 g/mol. The Morgan fingerprint density at radius 2 is 1.55 bits per heavy atom. The minimum Gasteiger partial charge on any atom is -0.458 e. The van der Waals surface area contributed by atoms with Crippen LogP contribution in [-0.2, 0) is 15.1 Å². The van der Waals surface area contributed by atoms with E-state index in [2.05, 4.69) is 9.80 Å². The molecule has 3 heterocycles. The van der Waals surface area contributed by atoms with Gasteiger partial charge in [-0.3, -0.25) is 4.90 Å². The Balaban J connectivity index is 1.66. The standard InChI is InChI=1S/C24H30N2O3/c1-25(2)17-21-22(18-13-15-26(21)16-14-18)29-23(27)24(28,19-9-5-3-6-10-19)20-11-7-4-8-12-20/h3-12,18,21-22,28H,13-17H2,1-2H3/t21-,22-/m1/s1. The molecule has 5 rings (SSSR count). The van der Waals surface area contributed by atoms with E-state index >= 15 is 0 Å². The number of aliphatic hydroxyl groups is 1. The zero-order valence-electron chi connectivity index (χ0n) is 17.2. The number of carbonyl (C=O) groups is 1. The van der Waals surface area contributed by atoms with Crippen molar-refractivity contribution in [2.24, 2.45) is 5.92 Å². The van der Waals surface area contributed by atoms with Crippen molar-refractivity contribution in [3.05, 3.63) is 71.8 Å². The molecular weight excluding hydrogens is 364 g/mol. The highest BCUT2D eigenvalue weighted by Crippen LogP contribution is 2.38. The molecule has 0 amide bonds. The molecule has 3 aliphatic rings. The molecule has 3 fully saturated rings. The zero-order chi connectivity index (χ0) is 20.4. The molecule has 2 bridgehead atoms. The third-order valence-electron chi connectivity index (χ3n) is 6.36. The average Bonchev–Trinajstić information content (AvgIpc) is 2.76. The molecule has 2 aromatic rings. The van der Waals surface area contributed by atoms with E-state index in [4.69, 9.17) is 4.74 Å². The van der Waals surface area contributed by atoms with Gasteiger partial charge < -0.3 is 14.7 Å².